The van der Waals surface area contributed by atoms with Crippen LogP contribution in [0.4, 0.5) is 4.79 Å². The number of hydrogen-bond donors (Lipinski definition) is 4. The van der Waals surface area contributed by atoms with Crippen LogP contribution in [0.5, 0.6) is 0 Å². The molecule has 1 atom stereocenters. The number of urea groups is 1. The molecule has 0 aliphatic heterocycles. The van der Waals surface area contributed by atoms with E-state index >= 15 is 0 Å². The van der Waals surface area contributed by atoms with Crippen molar-refractivity contribution in [2.45, 2.75) is 51.5 Å². The first kappa shape index (κ1) is 16.3. The molecule has 5 N–H and O–H groups in total. The van der Waals surface area contributed by atoms with E-state index in [1.54, 1.807) is 0 Å². The van der Waals surface area contributed by atoms with Crippen molar-refractivity contribution in [2.24, 2.45) is 11.1 Å². The van der Waals surface area contributed by atoms with E-state index in [9.17, 15) is 19.5 Å². The number of rotatable bonds is 5. The molecule has 1 unspecified atom stereocenters. The van der Waals surface area contributed by atoms with Crippen molar-refractivity contribution in [3.63, 3.8) is 0 Å². The van der Waals surface area contributed by atoms with Crippen molar-refractivity contribution in [3.05, 3.63) is 0 Å². The summed E-state index contributed by atoms with van der Waals surface area (Å²) in [6, 6.07) is -1.56. The maximum absolute atomic E-state index is 11.8. The molecule has 0 radical (unpaired) electrons. The first-order chi connectivity index (χ1) is 9.37. The van der Waals surface area contributed by atoms with E-state index < -0.39 is 29.4 Å². The Morgan fingerprint density at radius 2 is 1.75 bits per heavy atom. The molecular formula is C13H23N3O4. The average molecular weight is 285 g/mol. The number of carboxylic acid groups (broad SMARTS) is 1. The van der Waals surface area contributed by atoms with Gasteiger partial charge in [-0.05, 0) is 19.8 Å². The number of nitrogens with two attached hydrogens (primary N) is 1. The lowest BCUT2D eigenvalue weighted by molar-refractivity contribution is -0.149. The predicted octanol–water partition coefficient (Wildman–Crippen LogP) is 0.585. The standard InChI is InChI=1S/C13H23N3O4/c1-9(16-12(14)20)10(17)15-8-13(11(18)19)6-4-2-3-5-7-13/h9H,2-8H2,1H3,(H,15,17)(H,18,19)(H3,14,16,20). The van der Waals surface area contributed by atoms with Crippen LogP contribution in [0, 0.1) is 5.41 Å². The highest BCUT2D eigenvalue weighted by molar-refractivity contribution is 5.86. The third-order valence-corrected chi connectivity index (χ3v) is 3.87. The predicted molar refractivity (Wildman–Crippen MR) is 73.0 cm³/mol. The van der Waals surface area contributed by atoms with Crippen LogP contribution in [-0.4, -0.2) is 35.6 Å². The van der Waals surface area contributed by atoms with Crippen molar-refractivity contribution >= 4 is 17.9 Å². The fraction of sp³-hybridized carbons (Fsp3) is 0.769. The minimum atomic E-state index is -0.890. The number of hydrogen-bond acceptors (Lipinski definition) is 3. The molecule has 0 aromatic rings. The first-order valence-corrected chi connectivity index (χ1v) is 6.94. The number of carboxylic acids is 1. The van der Waals surface area contributed by atoms with Crippen molar-refractivity contribution in [1.29, 1.82) is 0 Å². The van der Waals surface area contributed by atoms with Crippen LogP contribution in [-0.2, 0) is 9.59 Å². The van der Waals surface area contributed by atoms with Crippen molar-refractivity contribution in [1.82, 2.24) is 10.6 Å². The van der Waals surface area contributed by atoms with Gasteiger partial charge in [-0.15, -0.1) is 0 Å². The third kappa shape index (κ3) is 4.40. The SMILES string of the molecule is CC(NC(N)=O)C(=O)NCC1(C(=O)O)CCCCCC1. The van der Waals surface area contributed by atoms with Crippen LogP contribution in [0.1, 0.15) is 45.4 Å². The Morgan fingerprint density at radius 1 is 1.20 bits per heavy atom. The molecule has 0 saturated heterocycles. The van der Waals surface area contributed by atoms with Gasteiger partial charge in [0.1, 0.15) is 6.04 Å². The largest absolute Gasteiger partial charge is 0.481 e. The molecule has 1 fully saturated rings. The molecule has 0 heterocycles. The minimum absolute atomic E-state index is 0.0892. The summed E-state index contributed by atoms with van der Waals surface area (Å²) >= 11 is 0. The number of primary amides is 1. The Bertz CT molecular complexity index is 376. The van der Waals surface area contributed by atoms with Crippen LogP contribution < -0.4 is 16.4 Å². The summed E-state index contributed by atoms with van der Waals surface area (Å²) in [5, 5.41) is 14.4. The Kier molecular flexibility index (Phi) is 5.79. The molecule has 0 aromatic carbocycles. The molecule has 0 spiro atoms. The number of nitrogens with one attached hydrogen (secondary N) is 2. The summed E-state index contributed by atoms with van der Waals surface area (Å²) in [7, 11) is 0. The summed E-state index contributed by atoms with van der Waals surface area (Å²) < 4.78 is 0. The Labute approximate surface area is 118 Å². The molecule has 1 aliphatic carbocycles. The van der Waals surface area contributed by atoms with Crippen LogP contribution in [0.25, 0.3) is 0 Å². The number of aliphatic carboxylic acids is 1. The summed E-state index contributed by atoms with van der Waals surface area (Å²) in [6.45, 7) is 1.59. The van der Waals surface area contributed by atoms with Gasteiger partial charge in [-0.1, -0.05) is 25.7 Å². The zero-order valence-electron chi connectivity index (χ0n) is 11.8. The molecule has 1 rings (SSSR count). The van der Waals surface area contributed by atoms with Crippen LogP contribution >= 0.6 is 0 Å². The second kappa shape index (κ2) is 7.12. The fourth-order valence-electron chi connectivity index (χ4n) is 2.56. The Hall–Kier alpha value is -1.79. The smallest absolute Gasteiger partial charge is 0.312 e. The molecule has 0 bridgehead atoms. The maximum Gasteiger partial charge on any atom is 0.312 e. The van der Waals surface area contributed by atoms with E-state index in [2.05, 4.69) is 10.6 Å². The highest BCUT2D eigenvalue weighted by Gasteiger charge is 2.39. The van der Waals surface area contributed by atoms with Crippen LogP contribution in [0.15, 0.2) is 0 Å². The Morgan fingerprint density at radius 3 is 2.20 bits per heavy atom. The molecule has 1 saturated carbocycles. The van der Waals surface area contributed by atoms with E-state index in [4.69, 9.17) is 5.73 Å². The van der Waals surface area contributed by atoms with E-state index in [1.165, 1.54) is 6.92 Å². The zero-order valence-corrected chi connectivity index (χ0v) is 11.8. The number of amides is 3. The molecule has 0 aromatic heterocycles. The van der Waals surface area contributed by atoms with Crippen molar-refractivity contribution in [3.8, 4) is 0 Å². The zero-order chi connectivity index (χ0) is 15.2. The van der Waals surface area contributed by atoms with Gasteiger partial charge < -0.3 is 21.5 Å². The van der Waals surface area contributed by atoms with E-state index in [0.717, 1.165) is 25.7 Å². The van der Waals surface area contributed by atoms with Crippen molar-refractivity contribution in [2.75, 3.05) is 6.54 Å². The fourth-order valence-corrected chi connectivity index (χ4v) is 2.56. The van der Waals surface area contributed by atoms with Gasteiger partial charge in [0.15, 0.2) is 0 Å². The second-order valence-electron chi connectivity index (χ2n) is 5.45. The van der Waals surface area contributed by atoms with E-state index in [0.29, 0.717) is 12.8 Å². The normalized spacial score (nSPS) is 19.4. The molecule has 114 valence electrons. The molecule has 20 heavy (non-hydrogen) atoms. The molecule has 7 nitrogen and oxygen atoms in total. The monoisotopic (exact) mass is 285 g/mol. The minimum Gasteiger partial charge on any atom is -0.481 e. The van der Waals surface area contributed by atoms with Gasteiger partial charge in [-0.25, -0.2) is 4.79 Å². The second-order valence-corrected chi connectivity index (χ2v) is 5.45. The van der Waals surface area contributed by atoms with Gasteiger partial charge >= 0.3 is 12.0 Å². The first-order valence-electron chi connectivity index (χ1n) is 6.94. The van der Waals surface area contributed by atoms with Gasteiger partial charge in [0, 0.05) is 6.54 Å². The quantitative estimate of drug-likeness (QED) is 0.552. The lowest BCUT2D eigenvalue weighted by Crippen LogP contribution is -2.50. The summed E-state index contributed by atoms with van der Waals surface area (Å²) in [4.78, 5) is 34.0. The lowest BCUT2D eigenvalue weighted by atomic mass is 9.80. The van der Waals surface area contributed by atoms with Gasteiger partial charge in [0.05, 0.1) is 5.41 Å². The van der Waals surface area contributed by atoms with Gasteiger partial charge in [-0.3, -0.25) is 9.59 Å². The van der Waals surface area contributed by atoms with Crippen molar-refractivity contribution < 1.29 is 19.5 Å². The van der Waals surface area contributed by atoms with Gasteiger partial charge in [0.2, 0.25) is 5.91 Å². The van der Waals surface area contributed by atoms with E-state index in [1.807, 2.05) is 0 Å². The highest BCUT2D eigenvalue weighted by Crippen LogP contribution is 2.34. The van der Waals surface area contributed by atoms with Crippen LogP contribution in [0.3, 0.4) is 0 Å². The molecule has 1 aliphatic rings. The number of carbonyl (C=O) groups excluding carboxylic acids is 2. The molecule has 7 heteroatoms. The Balaban J connectivity index is 2.60. The molecular weight excluding hydrogens is 262 g/mol. The van der Waals surface area contributed by atoms with Crippen LogP contribution in [0.2, 0.25) is 0 Å². The average Bonchev–Trinajstić information content (AvgIpc) is 2.61. The summed E-state index contributed by atoms with van der Waals surface area (Å²) in [5.41, 5.74) is 4.05. The highest BCUT2D eigenvalue weighted by atomic mass is 16.4. The summed E-state index contributed by atoms with van der Waals surface area (Å²) in [5.74, 6) is -1.29. The molecule has 3 amide bonds. The van der Waals surface area contributed by atoms with E-state index in [-0.39, 0.29) is 6.54 Å². The van der Waals surface area contributed by atoms with Gasteiger partial charge in [-0.2, -0.15) is 0 Å². The number of carbonyl (C=O) groups is 3. The van der Waals surface area contributed by atoms with Gasteiger partial charge in [0.25, 0.3) is 0 Å². The summed E-state index contributed by atoms with van der Waals surface area (Å²) in [6.07, 6.45) is 4.92. The third-order valence-electron chi connectivity index (χ3n) is 3.87. The maximum atomic E-state index is 11.8. The lowest BCUT2D eigenvalue weighted by Gasteiger charge is -2.28. The topological polar surface area (TPSA) is 122 Å².